The maximum atomic E-state index is 2.25. The summed E-state index contributed by atoms with van der Waals surface area (Å²) in [6.45, 7) is 4.38. The molecular weight excluding hydrogens is 103 g/mol. The smallest absolute Gasteiger partial charge is 0.0350 e. The molecule has 0 aromatic heterocycles. The van der Waals surface area contributed by atoms with Gasteiger partial charge in [0.05, 0.1) is 0 Å². The van der Waals surface area contributed by atoms with Gasteiger partial charge in [0, 0.05) is 0 Å². The van der Waals surface area contributed by atoms with E-state index in [1.54, 1.807) is 0 Å². The maximum Gasteiger partial charge on any atom is -0.0350 e. The molecule has 0 bridgehead atoms. The first-order valence-corrected chi connectivity index (χ1v) is 4.31. The second-order valence-corrected chi connectivity index (χ2v) is 2.39. The highest BCUT2D eigenvalue weighted by Gasteiger charge is 1.67. The van der Waals surface area contributed by atoms with Gasteiger partial charge in [-0.1, -0.05) is 25.2 Å². The maximum absolute atomic E-state index is 2.25. The summed E-state index contributed by atoms with van der Waals surface area (Å²) >= 11 is 0. The first kappa shape index (κ1) is 7.17. The molecule has 0 aliphatic rings. The Morgan fingerprint density at radius 3 is 2.71 bits per heavy atom. The van der Waals surface area contributed by atoms with E-state index in [0.717, 1.165) is 8.58 Å². The second kappa shape index (κ2) is 6.17. The predicted octanol–water partition coefficient (Wildman–Crippen LogP) is 2.61. The minimum Gasteiger partial charge on any atom is -0.102 e. The van der Waals surface area contributed by atoms with Crippen molar-refractivity contribution in [2.45, 2.75) is 19.8 Å². The van der Waals surface area contributed by atoms with Crippen molar-refractivity contribution in [3.05, 3.63) is 11.9 Å². The molecule has 0 spiro atoms. The minimum absolute atomic E-state index is 0.987. The van der Waals surface area contributed by atoms with Gasteiger partial charge in [0.15, 0.2) is 0 Å². The molecule has 0 radical (unpaired) electrons. The average Bonchev–Trinajstić information content (AvgIpc) is 1.69. The van der Waals surface area contributed by atoms with Gasteiger partial charge in [-0.15, -0.1) is 8.58 Å². The number of hydrogen-bond donors (Lipinski definition) is 0. The Kier molecular flexibility index (Phi) is 6.32. The van der Waals surface area contributed by atoms with Crippen LogP contribution in [0.1, 0.15) is 19.8 Å². The van der Waals surface area contributed by atoms with E-state index in [9.17, 15) is 0 Å². The highest BCUT2D eigenvalue weighted by Crippen LogP contribution is 2.04. The van der Waals surface area contributed by atoms with Crippen LogP contribution >= 0.6 is 8.58 Å². The summed E-state index contributed by atoms with van der Waals surface area (Å²) in [6, 6.07) is 0. The van der Waals surface area contributed by atoms with E-state index in [4.69, 9.17) is 0 Å². The van der Waals surface area contributed by atoms with Crippen molar-refractivity contribution in [1.29, 1.82) is 0 Å². The molecule has 1 unspecified atom stereocenters. The van der Waals surface area contributed by atoms with Crippen molar-refractivity contribution < 1.29 is 0 Å². The van der Waals surface area contributed by atoms with Crippen molar-refractivity contribution in [3.8, 4) is 0 Å². The lowest BCUT2D eigenvalue weighted by atomic mass is 10.3. The Bertz CT molecular complexity index is 48.1. The van der Waals surface area contributed by atoms with Crippen molar-refractivity contribution in [1.82, 2.24) is 0 Å². The highest BCUT2D eigenvalue weighted by molar-refractivity contribution is 7.40. The Hall–Kier alpha value is 0.170. The summed E-state index contributed by atoms with van der Waals surface area (Å²) in [6.07, 6.45) is 4.78. The lowest BCUT2D eigenvalue weighted by Gasteiger charge is -1.79. The van der Waals surface area contributed by atoms with Crippen molar-refractivity contribution in [2.24, 2.45) is 0 Å². The van der Waals surface area contributed by atoms with Gasteiger partial charge in [-0.3, -0.25) is 0 Å². The van der Waals surface area contributed by atoms with Crippen LogP contribution in [0, 0.1) is 0 Å². The lowest BCUT2D eigenvalue weighted by molar-refractivity contribution is 0.960. The molecule has 0 saturated heterocycles. The van der Waals surface area contributed by atoms with E-state index < -0.39 is 0 Å². The molecule has 0 saturated carbocycles. The summed E-state index contributed by atoms with van der Waals surface area (Å²) in [7, 11) is 0.987. The average molecular weight is 116 g/mol. The number of unbranched alkanes of at least 4 members (excludes halogenated alkanes) is 1. The zero-order valence-corrected chi connectivity index (χ0v) is 6.07. The molecule has 0 fully saturated rings. The zero-order valence-electron chi connectivity index (χ0n) is 5.07. The van der Waals surface area contributed by atoms with Gasteiger partial charge < -0.3 is 0 Å². The second-order valence-electron chi connectivity index (χ2n) is 1.48. The molecule has 0 nitrogen and oxygen atoms in total. The van der Waals surface area contributed by atoms with Crippen LogP contribution in [0.15, 0.2) is 11.9 Å². The molecule has 0 heterocycles. The van der Waals surface area contributed by atoms with Crippen molar-refractivity contribution >= 4 is 8.58 Å². The molecule has 0 aromatic carbocycles. The Balaban J connectivity index is 2.78. The molecule has 0 amide bonds. The van der Waals surface area contributed by atoms with E-state index in [-0.39, 0.29) is 0 Å². The van der Waals surface area contributed by atoms with Gasteiger partial charge in [0.2, 0.25) is 0 Å². The molecule has 42 valence electrons. The van der Waals surface area contributed by atoms with Crippen LogP contribution in [0.3, 0.4) is 0 Å². The molecule has 0 rings (SSSR count). The van der Waals surface area contributed by atoms with Crippen LogP contribution < -0.4 is 0 Å². The third kappa shape index (κ3) is 6.17. The highest BCUT2D eigenvalue weighted by atomic mass is 31.1. The normalized spacial score (nSPS) is 12.3. The van der Waals surface area contributed by atoms with Gasteiger partial charge in [-0.05, 0) is 13.1 Å². The van der Waals surface area contributed by atoms with Gasteiger partial charge in [0.25, 0.3) is 0 Å². The molecular formula is C6H13P. The summed E-state index contributed by atoms with van der Waals surface area (Å²) in [4.78, 5) is 0. The first-order valence-electron chi connectivity index (χ1n) is 2.74. The summed E-state index contributed by atoms with van der Waals surface area (Å²) < 4.78 is 0. The largest absolute Gasteiger partial charge is 0.102 e. The van der Waals surface area contributed by atoms with Gasteiger partial charge in [-0.25, -0.2) is 0 Å². The van der Waals surface area contributed by atoms with Crippen LogP contribution in [0.4, 0.5) is 0 Å². The number of hydrogen-bond acceptors (Lipinski definition) is 0. The first-order chi connectivity index (χ1) is 3.41. The fourth-order valence-electron chi connectivity index (χ4n) is 0.368. The minimum atomic E-state index is 0.987. The van der Waals surface area contributed by atoms with E-state index in [2.05, 4.69) is 25.5 Å². The van der Waals surface area contributed by atoms with Crippen LogP contribution in [-0.2, 0) is 0 Å². The molecule has 1 heteroatoms. The van der Waals surface area contributed by atoms with Gasteiger partial charge in [-0.2, -0.15) is 0 Å². The SMILES string of the molecule is CCC/C=C/PC. The molecule has 0 aromatic rings. The van der Waals surface area contributed by atoms with Gasteiger partial charge >= 0.3 is 0 Å². The van der Waals surface area contributed by atoms with E-state index in [0.29, 0.717) is 0 Å². The third-order valence-corrected chi connectivity index (χ3v) is 1.31. The van der Waals surface area contributed by atoms with E-state index >= 15 is 0 Å². The van der Waals surface area contributed by atoms with Crippen LogP contribution in [-0.4, -0.2) is 6.66 Å². The van der Waals surface area contributed by atoms with Crippen LogP contribution in [0.5, 0.6) is 0 Å². The van der Waals surface area contributed by atoms with E-state index in [1.165, 1.54) is 12.8 Å². The third-order valence-electron chi connectivity index (χ3n) is 0.740. The predicted molar refractivity (Wildman–Crippen MR) is 38.3 cm³/mol. The standard InChI is InChI=1S/C6H13P/c1-3-4-5-6-7-2/h5-7H,3-4H2,1-2H3/b6-5+. The fraction of sp³-hybridized carbons (Fsp3) is 0.667. The summed E-state index contributed by atoms with van der Waals surface area (Å²) in [5.41, 5.74) is 0. The monoisotopic (exact) mass is 116 g/mol. The van der Waals surface area contributed by atoms with Gasteiger partial charge in [0.1, 0.15) is 0 Å². The molecule has 0 N–H and O–H groups in total. The summed E-state index contributed by atoms with van der Waals surface area (Å²) in [5.74, 6) is 2.24. The molecule has 0 aliphatic heterocycles. The number of allylic oxidation sites excluding steroid dienone is 1. The summed E-state index contributed by atoms with van der Waals surface area (Å²) in [5, 5.41) is 0. The molecule has 7 heavy (non-hydrogen) atoms. The Labute approximate surface area is 47.8 Å². The van der Waals surface area contributed by atoms with Crippen molar-refractivity contribution in [2.75, 3.05) is 6.66 Å². The van der Waals surface area contributed by atoms with E-state index in [1.807, 2.05) is 0 Å². The van der Waals surface area contributed by atoms with Crippen LogP contribution in [0.2, 0.25) is 0 Å². The topological polar surface area (TPSA) is 0 Å². The zero-order chi connectivity index (χ0) is 5.54. The Morgan fingerprint density at radius 2 is 2.29 bits per heavy atom. The quantitative estimate of drug-likeness (QED) is 0.497. The van der Waals surface area contributed by atoms with Crippen molar-refractivity contribution in [3.63, 3.8) is 0 Å². The number of rotatable bonds is 3. The molecule has 1 atom stereocenters. The fourth-order valence-corrected chi connectivity index (χ4v) is 0.770. The Morgan fingerprint density at radius 1 is 1.57 bits per heavy atom. The molecule has 0 aliphatic carbocycles. The lowest BCUT2D eigenvalue weighted by Crippen LogP contribution is -1.55. The van der Waals surface area contributed by atoms with Crippen LogP contribution in [0.25, 0.3) is 0 Å².